The number of hydrogen-bond donors (Lipinski definition) is 1. The molecule has 2 aromatic rings. The summed E-state index contributed by atoms with van der Waals surface area (Å²) < 4.78 is 0. The van der Waals surface area contributed by atoms with Gasteiger partial charge >= 0.3 is 5.97 Å². The van der Waals surface area contributed by atoms with Crippen molar-refractivity contribution in [1.82, 2.24) is 0 Å². The molecular weight excluding hydrogens is 272 g/mol. The number of rotatable bonds is 8. The van der Waals surface area contributed by atoms with Crippen LogP contribution in [-0.4, -0.2) is 16.9 Å². The summed E-state index contributed by atoms with van der Waals surface area (Å²) in [5.74, 6) is -0.558. The van der Waals surface area contributed by atoms with Crippen LogP contribution in [0.3, 0.4) is 0 Å². The minimum atomic E-state index is -0.745. The Hall–Kier alpha value is -1.68. The van der Waals surface area contributed by atoms with E-state index in [0.717, 1.165) is 35.6 Å². The molecule has 0 saturated heterocycles. The summed E-state index contributed by atoms with van der Waals surface area (Å²) in [5, 5.41) is 14.8. The summed E-state index contributed by atoms with van der Waals surface area (Å²) in [6, 6.07) is 5.84. The number of ketones is 1. The molecule has 0 aliphatic rings. The fourth-order valence-electron chi connectivity index (χ4n) is 2.29. The Labute approximate surface area is 122 Å². The first-order valence-corrected chi connectivity index (χ1v) is 7.82. The normalized spacial score (nSPS) is 10.8. The second-order valence-electron chi connectivity index (χ2n) is 4.91. The molecule has 0 bridgehead atoms. The van der Waals surface area contributed by atoms with Gasteiger partial charge in [-0.05, 0) is 29.0 Å². The second-order valence-corrected chi connectivity index (χ2v) is 5.65. The molecule has 1 aromatic carbocycles. The zero-order chi connectivity index (χ0) is 14.4. The van der Waals surface area contributed by atoms with Crippen LogP contribution in [0.1, 0.15) is 48.9 Å². The molecule has 0 unspecified atom stereocenters. The van der Waals surface area contributed by atoms with Gasteiger partial charge in [-0.3, -0.25) is 9.59 Å². The summed E-state index contributed by atoms with van der Waals surface area (Å²) in [4.78, 5) is 22.6. The number of fused-ring (bicyclic) bond motifs is 1. The van der Waals surface area contributed by atoms with Crippen LogP contribution in [0.2, 0.25) is 0 Å². The molecule has 1 N–H and O–H groups in total. The molecule has 0 atom stereocenters. The predicted octanol–water partition coefficient (Wildman–Crippen LogP) is 4.51. The maximum Gasteiger partial charge on any atom is 0.303 e. The first-order chi connectivity index (χ1) is 9.68. The molecule has 2 rings (SSSR count). The van der Waals surface area contributed by atoms with Gasteiger partial charge < -0.3 is 5.11 Å². The lowest BCUT2D eigenvalue weighted by molar-refractivity contribution is -0.137. The molecule has 20 heavy (non-hydrogen) atoms. The van der Waals surface area contributed by atoms with Gasteiger partial charge in [0.1, 0.15) is 0 Å². The Bertz CT molecular complexity index is 601. The number of aliphatic carboxylic acids is 1. The number of carboxylic acids is 1. The Morgan fingerprint density at radius 3 is 2.50 bits per heavy atom. The monoisotopic (exact) mass is 290 g/mol. The van der Waals surface area contributed by atoms with E-state index in [-0.39, 0.29) is 12.2 Å². The van der Waals surface area contributed by atoms with Crippen molar-refractivity contribution in [3.63, 3.8) is 0 Å². The second kappa shape index (κ2) is 7.20. The van der Waals surface area contributed by atoms with E-state index in [9.17, 15) is 9.59 Å². The van der Waals surface area contributed by atoms with E-state index in [1.165, 1.54) is 0 Å². The highest BCUT2D eigenvalue weighted by molar-refractivity contribution is 7.09. The number of carbonyl (C=O) groups excluding carboxylic acids is 1. The van der Waals surface area contributed by atoms with Crippen LogP contribution in [0.15, 0.2) is 29.0 Å². The van der Waals surface area contributed by atoms with Gasteiger partial charge in [0.15, 0.2) is 5.78 Å². The average Bonchev–Trinajstić information content (AvgIpc) is 2.90. The molecule has 0 aliphatic carbocycles. The van der Waals surface area contributed by atoms with E-state index in [0.29, 0.717) is 12.8 Å². The lowest BCUT2D eigenvalue weighted by atomic mass is 10.0. The topological polar surface area (TPSA) is 54.4 Å². The zero-order valence-corrected chi connectivity index (χ0v) is 12.1. The van der Waals surface area contributed by atoms with Crippen molar-refractivity contribution in [3.05, 3.63) is 34.5 Å². The number of carbonyl (C=O) groups is 2. The SMILES string of the molecule is O=C(O)CCCCCCC(=O)c1cccc2cscc12. The number of benzene rings is 1. The van der Waals surface area contributed by atoms with Crippen molar-refractivity contribution in [3.8, 4) is 0 Å². The molecule has 1 aromatic heterocycles. The van der Waals surface area contributed by atoms with Gasteiger partial charge in [0.05, 0.1) is 0 Å². The summed E-state index contributed by atoms with van der Waals surface area (Å²) in [5.41, 5.74) is 0.814. The number of Topliss-reactive ketones (excluding diaryl/α,β-unsaturated/α-hetero) is 1. The quantitative estimate of drug-likeness (QED) is 0.575. The number of carboxylic acid groups (broad SMARTS) is 1. The number of hydrogen-bond acceptors (Lipinski definition) is 3. The first kappa shape index (κ1) is 14.7. The molecular formula is C16H18O3S. The molecule has 106 valence electrons. The fraction of sp³-hybridized carbons (Fsp3) is 0.375. The van der Waals surface area contributed by atoms with Crippen molar-refractivity contribution < 1.29 is 14.7 Å². The Balaban J connectivity index is 1.80. The fourth-order valence-corrected chi connectivity index (χ4v) is 3.11. The number of unbranched alkanes of at least 4 members (excludes halogenated alkanes) is 3. The molecule has 0 radical (unpaired) electrons. The minimum Gasteiger partial charge on any atom is -0.481 e. The highest BCUT2D eigenvalue weighted by Crippen LogP contribution is 2.24. The van der Waals surface area contributed by atoms with E-state index in [1.807, 2.05) is 23.6 Å². The molecule has 1 heterocycles. The third-order valence-electron chi connectivity index (χ3n) is 3.37. The zero-order valence-electron chi connectivity index (χ0n) is 11.3. The van der Waals surface area contributed by atoms with Gasteiger partial charge in [-0.15, -0.1) is 0 Å². The van der Waals surface area contributed by atoms with Crippen molar-refractivity contribution in [2.24, 2.45) is 0 Å². The Morgan fingerprint density at radius 1 is 1.00 bits per heavy atom. The largest absolute Gasteiger partial charge is 0.481 e. The van der Waals surface area contributed by atoms with Crippen LogP contribution in [0.4, 0.5) is 0 Å². The summed E-state index contributed by atoms with van der Waals surface area (Å²) >= 11 is 1.61. The van der Waals surface area contributed by atoms with Crippen molar-refractivity contribution in [1.29, 1.82) is 0 Å². The first-order valence-electron chi connectivity index (χ1n) is 6.88. The van der Waals surface area contributed by atoms with Gasteiger partial charge in [0, 0.05) is 23.8 Å². The average molecular weight is 290 g/mol. The van der Waals surface area contributed by atoms with Crippen LogP contribution in [0, 0.1) is 0 Å². The van der Waals surface area contributed by atoms with E-state index in [2.05, 4.69) is 5.38 Å². The van der Waals surface area contributed by atoms with Gasteiger partial charge in [-0.1, -0.05) is 31.0 Å². The van der Waals surface area contributed by atoms with Crippen LogP contribution in [0.5, 0.6) is 0 Å². The molecule has 0 aliphatic heterocycles. The Morgan fingerprint density at radius 2 is 1.75 bits per heavy atom. The van der Waals surface area contributed by atoms with Gasteiger partial charge in [-0.25, -0.2) is 0 Å². The Kier molecular flexibility index (Phi) is 5.30. The van der Waals surface area contributed by atoms with Crippen molar-refractivity contribution in [2.45, 2.75) is 38.5 Å². The molecule has 0 spiro atoms. The lowest BCUT2D eigenvalue weighted by Crippen LogP contribution is -1.99. The highest BCUT2D eigenvalue weighted by atomic mass is 32.1. The standard InChI is InChI=1S/C16H18O3S/c17-15(8-3-1-2-4-9-16(18)19)13-7-5-6-12-10-20-11-14(12)13/h5-7,10-11H,1-4,8-9H2,(H,18,19). The van der Waals surface area contributed by atoms with E-state index >= 15 is 0 Å². The maximum absolute atomic E-state index is 12.2. The summed E-state index contributed by atoms with van der Waals surface area (Å²) in [7, 11) is 0. The van der Waals surface area contributed by atoms with Crippen LogP contribution in [-0.2, 0) is 4.79 Å². The summed E-state index contributed by atoms with van der Waals surface area (Å²) in [6.45, 7) is 0. The van der Waals surface area contributed by atoms with E-state index in [1.54, 1.807) is 11.3 Å². The van der Waals surface area contributed by atoms with Crippen molar-refractivity contribution >= 4 is 33.9 Å². The smallest absolute Gasteiger partial charge is 0.303 e. The summed E-state index contributed by atoms with van der Waals surface area (Å²) in [6.07, 6.45) is 4.09. The molecule has 0 saturated carbocycles. The molecule has 3 nitrogen and oxygen atoms in total. The molecule has 0 fully saturated rings. The third-order valence-corrected chi connectivity index (χ3v) is 4.13. The van der Waals surface area contributed by atoms with Gasteiger partial charge in [0.25, 0.3) is 0 Å². The van der Waals surface area contributed by atoms with E-state index in [4.69, 9.17) is 5.11 Å². The van der Waals surface area contributed by atoms with Crippen LogP contribution in [0.25, 0.3) is 10.8 Å². The lowest BCUT2D eigenvalue weighted by Gasteiger charge is -2.03. The molecule has 0 amide bonds. The van der Waals surface area contributed by atoms with Crippen molar-refractivity contribution in [2.75, 3.05) is 0 Å². The number of thiophene rings is 1. The van der Waals surface area contributed by atoms with Gasteiger partial charge in [-0.2, -0.15) is 11.3 Å². The van der Waals surface area contributed by atoms with E-state index < -0.39 is 5.97 Å². The van der Waals surface area contributed by atoms with Crippen LogP contribution < -0.4 is 0 Å². The highest BCUT2D eigenvalue weighted by Gasteiger charge is 2.10. The third kappa shape index (κ3) is 3.90. The van der Waals surface area contributed by atoms with Crippen LogP contribution >= 0.6 is 11.3 Å². The maximum atomic E-state index is 12.2. The molecule has 4 heteroatoms. The van der Waals surface area contributed by atoms with Gasteiger partial charge in [0.2, 0.25) is 0 Å². The predicted molar refractivity (Wildman–Crippen MR) is 81.5 cm³/mol. The minimum absolute atomic E-state index is 0.187.